The third-order valence-electron chi connectivity index (χ3n) is 4.23. The normalized spacial score (nSPS) is 21.6. The molecular formula is C16H22N6O5S2. The van der Waals surface area contributed by atoms with Crippen LogP contribution in [0, 0.1) is 5.41 Å². The topological polar surface area (TPSA) is 143 Å². The molecule has 3 heterocycles. The summed E-state index contributed by atoms with van der Waals surface area (Å²) in [5.74, 6) is -0.678. The molecule has 158 valence electrons. The van der Waals surface area contributed by atoms with Crippen molar-refractivity contribution in [3.8, 4) is 0 Å². The molecule has 1 unspecified atom stereocenters. The number of aromatic nitrogens is 4. The summed E-state index contributed by atoms with van der Waals surface area (Å²) in [6.45, 7) is 4.55. The highest BCUT2D eigenvalue weighted by Gasteiger charge is 2.52. The maximum absolute atomic E-state index is 12.7. The van der Waals surface area contributed by atoms with Crippen molar-refractivity contribution >= 4 is 41.4 Å². The molecule has 2 atom stereocenters. The zero-order valence-corrected chi connectivity index (χ0v) is 18.1. The summed E-state index contributed by atoms with van der Waals surface area (Å²) in [7, 11) is 1.71. The zero-order valence-electron chi connectivity index (χ0n) is 16.4. The van der Waals surface area contributed by atoms with E-state index in [0.29, 0.717) is 22.2 Å². The molecule has 1 amide bonds. The first-order valence-electron chi connectivity index (χ1n) is 8.73. The molecule has 2 aliphatic rings. The van der Waals surface area contributed by atoms with Crippen molar-refractivity contribution < 1.29 is 23.9 Å². The third-order valence-corrected chi connectivity index (χ3v) is 6.69. The van der Waals surface area contributed by atoms with E-state index in [1.165, 1.54) is 33.1 Å². The van der Waals surface area contributed by atoms with Gasteiger partial charge in [-0.15, -0.1) is 16.9 Å². The second-order valence-corrected chi connectivity index (χ2v) is 9.54. The van der Waals surface area contributed by atoms with Crippen molar-refractivity contribution in [2.75, 3.05) is 18.3 Å². The SMILES string of the molecule is Cn1nnnc1SCC1=C(C(=O)OCOC(=O)C(C)(C)C)N2C(=O)C(N)[C@@H]2SC1. The Morgan fingerprint density at radius 2 is 2.07 bits per heavy atom. The number of hydrogen-bond acceptors (Lipinski definition) is 11. The Balaban J connectivity index is 1.73. The number of β-lactam (4-membered cyclic amide) rings is 1. The highest BCUT2D eigenvalue weighted by Crippen LogP contribution is 2.41. The van der Waals surface area contributed by atoms with Gasteiger partial charge in [-0.25, -0.2) is 9.48 Å². The molecule has 1 aromatic heterocycles. The van der Waals surface area contributed by atoms with E-state index in [1.807, 2.05) is 0 Å². The fourth-order valence-electron chi connectivity index (χ4n) is 2.60. The van der Waals surface area contributed by atoms with Gasteiger partial charge >= 0.3 is 11.9 Å². The molecule has 11 nitrogen and oxygen atoms in total. The second-order valence-electron chi connectivity index (χ2n) is 7.49. The van der Waals surface area contributed by atoms with Gasteiger partial charge in [-0.3, -0.25) is 14.5 Å². The van der Waals surface area contributed by atoms with Gasteiger partial charge in [-0.05, 0) is 36.8 Å². The summed E-state index contributed by atoms with van der Waals surface area (Å²) in [4.78, 5) is 38.2. The molecule has 1 saturated heterocycles. The van der Waals surface area contributed by atoms with Crippen LogP contribution in [0.4, 0.5) is 0 Å². The largest absolute Gasteiger partial charge is 0.427 e. The number of ether oxygens (including phenoxy) is 2. The summed E-state index contributed by atoms with van der Waals surface area (Å²) in [5.41, 5.74) is 5.98. The Kier molecular flexibility index (Phi) is 6.19. The average molecular weight is 443 g/mol. The Morgan fingerprint density at radius 3 is 2.69 bits per heavy atom. The van der Waals surface area contributed by atoms with Crippen molar-refractivity contribution in [3.63, 3.8) is 0 Å². The van der Waals surface area contributed by atoms with Crippen LogP contribution >= 0.6 is 23.5 Å². The molecule has 1 aromatic rings. The first kappa shape index (κ1) is 21.6. The first-order valence-corrected chi connectivity index (χ1v) is 10.8. The maximum atomic E-state index is 12.7. The van der Waals surface area contributed by atoms with E-state index < -0.39 is 30.2 Å². The molecule has 0 aromatic carbocycles. The van der Waals surface area contributed by atoms with E-state index >= 15 is 0 Å². The number of carbonyl (C=O) groups excluding carboxylic acids is 3. The van der Waals surface area contributed by atoms with E-state index in [2.05, 4.69) is 15.5 Å². The van der Waals surface area contributed by atoms with Crippen LogP contribution in [0.5, 0.6) is 0 Å². The Labute approximate surface area is 175 Å². The van der Waals surface area contributed by atoms with Gasteiger partial charge in [-0.2, -0.15) is 0 Å². The highest BCUT2D eigenvalue weighted by atomic mass is 32.2. The van der Waals surface area contributed by atoms with E-state index in [0.717, 1.165) is 0 Å². The lowest BCUT2D eigenvalue weighted by Crippen LogP contribution is -2.68. The monoisotopic (exact) mass is 442 g/mol. The average Bonchev–Trinajstić information content (AvgIpc) is 3.08. The predicted octanol–water partition coefficient (Wildman–Crippen LogP) is -0.111. The standard InChI is InChI=1S/C16H22N6O5S2/c1-16(2,3)14(25)27-7-26-13(24)10-8(6-29-15-18-19-20-21(15)4)5-28-12-9(17)11(23)22(10)12/h9,12H,5-7,17H2,1-4H3/t9?,12-/m0/s1. The number of rotatable bonds is 6. The number of esters is 2. The molecule has 0 radical (unpaired) electrons. The number of nitrogens with two attached hydrogens (primary N) is 1. The zero-order chi connectivity index (χ0) is 21.3. The minimum absolute atomic E-state index is 0.148. The molecule has 2 N–H and O–H groups in total. The molecule has 29 heavy (non-hydrogen) atoms. The van der Waals surface area contributed by atoms with Gasteiger partial charge in [0.2, 0.25) is 17.9 Å². The second kappa shape index (κ2) is 8.32. The number of hydrogen-bond donors (Lipinski definition) is 1. The third kappa shape index (κ3) is 4.41. The van der Waals surface area contributed by atoms with Gasteiger partial charge in [-0.1, -0.05) is 11.8 Å². The molecule has 0 bridgehead atoms. The van der Waals surface area contributed by atoms with Crippen LogP contribution in [0.3, 0.4) is 0 Å². The predicted molar refractivity (Wildman–Crippen MR) is 104 cm³/mol. The van der Waals surface area contributed by atoms with Crippen molar-refractivity contribution in [3.05, 3.63) is 11.3 Å². The highest BCUT2D eigenvalue weighted by molar-refractivity contribution is 8.01. The number of carbonyl (C=O) groups is 3. The summed E-state index contributed by atoms with van der Waals surface area (Å²) in [6, 6.07) is -0.654. The molecule has 1 fully saturated rings. The van der Waals surface area contributed by atoms with Crippen LogP contribution < -0.4 is 5.73 Å². The Hall–Kier alpha value is -2.12. The van der Waals surface area contributed by atoms with Crippen molar-refractivity contribution in [2.45, 2.75) is 37.3 Å². The maximum Gasteiger partial charge on any atom is 0.357 e. The molecular weight excluding hydrogens is 420 g/mol. The molecule has 0 saturated carbocycles. The number of tetrazole rings is 1. The number of nitrogens with zero attached hydrogens (tertiary/aromatic N) is 5. The van der Waals surface area contributed by atoms with Gasteiger partial charge in [0.25, 0.3) is 0 Å². The van der Waals surface area contributed by atoms with E-state index in [4.69, 9.17) is 15.2 Å². The van der Waals surface area contributed by atoms with Crippen molar-refractivity contribution in [1.29, 1.82) is 0 Å². The summed E-state index contributed by atoms with van der Waals surface area (Å²) < 4.78 is 11.6. The van der Waals surface area contributed by atoms with Gasteiger partial charge in [0.15, 0.2) is 0 Å². The van der Waals surface area contributed by atoms with Crippen LogP contribution in [-0.2, 0) is 30.9 Å². The molecule has 13 heteroatoms. The molecule has 3 rings (SSSR count). The number of fused-ring (bicyclic) bond motifs is 1. The van der Waals surface area contributed by atoms with Gasteiger partial charge in [0.05, 0.1) is 5.41 Å². The molecule has 2 aliphatic heterocycles. The summed E-state index contributed by atoms with van der Waals surface area (Å²) in [5, 5.41) is 11.5. The van der Waals surface area contributed by atoms with Crippen molar-refractivity contribution in [2.24, 2.45) is 18.2 Å². The van der Waals surface area contributed by atoms with Crippen molar-refractivity contribution in [1.82, 2.24) is 25.1 Å². The Bertz CT molecular complexity index is 864. The minimum atomic E-state index is -0.732. The van der Waals surface area contributed by atoms with Crippen LogP contribution in [0.15, 0.2) is 16.4 Å². The summed E-state index contributed by atoms with van der Waals surface area (Å²) >= 11 is 2.82. The fraction of sp³-hybridized carbons (Fsp3) is 0.625. The smallest absolute Gasteiger partial charge is 0.357 e. The van der Waals surface area contributed by atoms with Gasteiger partial charge in [0.1, 0.15) is 17.1 Å². The lowest BCUT2D eigenvalue weighted by Gasteiger charge is -2.48. The van der Waals surface area contributed by atoms with Crippen LogP contribution in [0.25, 0.3) is 0 Å². The van der Waals surface area contributed by atoms with E-state index in [9.17, 15) is 14.4 Å². The van der Waals surface area contributed by atoms with Gasteiger partial charge in [0, 0.05) is 18.6 Å². The van der Waals surface area contributed by atoms with Crippen LogP contribution in [0.1, 0.15) is 20.8 Å². The van der Waals surface area contributed by atoms with E-state index in [1.54, 1.807) is 27.8 Å². The first-order chi connectivity index (χ1) is 13.6. The van der Waals surface area contributed by atoms with E-state index in [-0.39, 0.29) is 17.0 Å². The van der Waals surface area contributed by atoms with Crippen LogP contribution in [0.2, 0.25) is 0 Å². The Morgan fingerprint density at radius 1 is 1.34 bits per heavy atom. The minimum Gasteiger partial charge on any atom is -0.427 e. The quantitative estimate of drug-likeness (QED) is 0.273. The number of amides is 1. The van der Waals surface area contributed by atoms with Gasteiger partial charge < -0.3 is 15.2 Å². The number of aryl methyl sites for hydroxylation is 1. The fourth-order valence-corrected chi connectivity index (χ4v) is 4.88. The lowest BCUT2D eigenvalue weighted by atomic mass is 9.98. The number of thioether (sulfide) groups is 2. The van der Waals surface area contributed by atoms with Crippen LogP contribution in [-0.4, -0.2) is 72.7 Å². The molecule has 0 spiro atoms. The summed E-state index contributed by atoms with van der Waals surface area (Å²) in [6.07, 6.45) is 0. The lowest BCUT2D eigenvalue weighted by molar-refractivity contribution is -0.173. The molecule has 0 aliphatic carbocycles.